The summed E-state index contributed by atoms with van der Waals surface area (Å²) in [5.41, 5.74) is 1.80. The minimum Gasteiger partial charge on any atom is -0.391 e. The maximum absolute atomic E-state index is 10.1. The van der Waals surface area contributed by atoms with Gasteiger partial charge in [0.25, 0.3) is 0 Å². The second-order valence-corrected chi connectivity index (χ2v) is 7.60. The maximum atomic E-state index is 10.1. The van der Waals surface area contributed by atoms with E-state index in [4.69, 9.17) is 0 Å². The molecule has 0 aliphatic heterocycles. The van der Waals surface area contributed by atoms with Gasteiger partial charge in [0.15, 0.2) is 11.5 Å². The smallest absolute Gasteiger partial charge is 0.186 e. The Balaban J connectivity index is 1.76. The third-order valence-electron chi connectivity index (χ3n) is 3.41. The van der Waals surface area contributed by atoms with Crippen molar-refractivity contribution in [3.05, 3.63) is 29.0 Å². The molecular weight excluding hydrogens is 310 g/mol. The number of aliphatic hydroxyl groups excluding tert-OH is 1. The summed E-state index contributed by atoms with van der Waals surface area (Å²) < 4.78 is 1.72. The molecule has 1 unspecified atom stereocenters. The van der Waals surface area contributed by atoms with Crippen molar-refractivity contribution in [2.75, 3.05) is 11.9 Å². The van der Waals surface area contributed by atoms with Crippen molar-refractivity contribution in [1.82, 2.24) is 19.8 Å². The third-order valence-corrected chi connectivity index (χ3v) is 4.09. The van der Waals surface area contributed by atoms with Crippen LogP contribution in [0.15, 0.2) is 29.0 Å². The summed E-state index contributed by atoms with van der Waals surface area (Å²) >= 11 is 1.61. The third kappa shape index (κ3) is 3.86. The van der Waals surface area contributed by atoms with Crippen LogP contribution in [0.2, 0.25) is 0 Å². The molecule has 0 spiro atoms. The normalized spacial score (nSPS) is 13.4. The van der Waals surface area contributed by atoms with E-state index in [-0.39, 0.29) is 5.41 Å². The summed E-state index contributed by atoms with van der Waals surface area (Å²) in [7, 11) is 0. The molecule has 122 valence electrons. The van der Waals surface area contributed by atoms with Crippen LogP contribution in [0, 0.1) is 5.41 Å². The van der Waals surface area contributed by atoms with Crippen LogP contribution < -0.4 is 5.32 Å². The van der Waals surface area contributed by atoms with Gasteiger partial charge in [-0.15, -0.1) is 15.3 Å². The fourth-order valence-corrected chi connectivity index (χ4v) is 3.09. The first-order valence-electron chi connectivity index (χ1n) is 7.59. The van der Waals surface area contributed by atoms with Gasteiger partial charge in [-0.3, -0.25) is 0 Å². The summed E-state index contributed by atoms with van der Waals surface area (Å²) in [6.45, 7) is 6.81. The lowest BCUT2D eigenvalue weighted by atomic mass is 9.89. The lowest BCUT2D eigenvalue weighted by Gasteiger charge is -2.22. The standard InChI is InChI=1S/C16H21N5OS/c1-16(2,3)8-12(22)9-17-13-4-5-14-18-19-15(21(14)20-13)11-6-7-23-10-11/h4-7,10,12,22H,8-9H2,1-3H3,(H,17,20). The van der Waals surface area contributed by atoms with Crippen molar-refractivity contribution in [3.8, 4) is 11.4 Å². The van der Waals surface area contributed by atoms with Crippen LogP contribution in [0.4, 0.5) is 5.82 Å². The number of aliphatic hydroxyl groups is 1. The number of hydrogen-bond acceptors (Lipinski definition) is 6. The van der Waals surface area contributed by atoms with Crippen LogP contribution in [0.25, 0.3) is 17.0 Å². The Morgan fingerprint density at radius 1 is 1.26 bits per heavy atom. The van der Waals surface area contributed by atoms with Gasteiger partial charge in [-0.2, -0.15) is 15.9 Å². The molecule has 2 N–H and O–H groups in total. The molecule has 0 aromatic carbocycles. The minimum absolute atomic E-state index is 0.0961. The highest BCUT2D eigenvalue weighted by molar-refractivity contribution is 7.08. The van der Waals surface area contributed by atoms with E-state index in [1.165, 1.54) is 0 Å². The second-order valence-electron chi connectivity index (χ2n) is 6.82. The average molecular weight is 331 g/mol. The molecule has 0 aliphatic carbocycles. The summed E-state index contributed by atoms with van der Waals surface area (Å²) in [5.74, 6) is 1.42. The van der Waals surface area contributed by atoms with Crippen LogP contribution in [-0.4, -0.2) is 37.6 Å². The topological polar surface area (TPSA) is 75.3 Å². The average Bonchev–Trinajstić information content (AvgIpc) is 3.11. The number of hydrogen-bond donors (Lipinski definition) is 2. The van der Waals surface area contributed by atoms with Gasteiger partial charge in [0.2, 0.25) is 0 Å². The van der Waals surface area contributed by atoms with Crippen molar-refractivity contribution in [2.24, 2.45) is 5.41 Å². The highest BCUT2D eigenvalue weighted by Gasteiger charge is 2.17. The molecule has 0 radical (unpaired) electrons. The lowest BCUT2D eigenvalue weighted by molar-refractivity contribution is 0.132. The van der Waals surface area contributed by atoms with Crippen LogP contribution in [-0.2, 0) is 0 Å². The molecule has 3 rings (SSSR count). The number of nitrogens with one attached hydrogen (secondary N) is 1. The highest BCUT2D eigenvalue weighted by atomic mass is 32.1. The summed E-state index contributed by atoms with van der Waals surface area (Å²) in [6.07, 6.45) is 0.319. The van der Waals surface area contributed by atoms with Gasteiger partial charge in [0, 0.05) is 17.5 Å². The van der Waals surface area contributed by atoms with Gasteiger partial charge in [-0.1, -0.05) is 20.8 Å². The number of anilines is 1. The summed E-state index contributed by atoms with van der Waals surface area (Å²) in [6, 6.07) is 5.72. The van der Waals surface area contributed by atoms with Gasteiger partial charge < -0.3 is 10.4 Å². The predicted molar refractivity (Wildman–Crippen MR) is 92.7 cm³/mol. The largest absolute Gasteiger partial charge is 0.391 e. The summed E-state index contributed by atoms with van der Waals surface area (Å²) in [5, 5.41) is 30.2. The quantitative estimate of drug-likeness (QED) is 0.751. The van der Waals surface area contributed by atoms with Gasteiger partial charge in [0.05, 0.1) is 6.10 Å². The zero-order valence-electron chi connectivity index (χ0n) is 13.5. The van der Waals surface area contributed by atoms with E-state index in [2.05, 4.69) is 41.4 Å². The molecule has 6 nitrogen and oxygen atoms in total. The first kappa shape index (κ1) is 15.9. The van der Waals surface area contributed by atoms with Gasteiger partial charge in [-0.25, -0.2) is 0 Å². The van der Waals surface area contributed by atoms with Crippen molar-refractivity contribution >= 4 is 22.8 Å². The van der Waals surface area contributed by atoms with Gasteiger partial charge in [0.1, 0.15) is 5.82 Å². The van der Waals surface area contributed by atoms with Crippen molar-refractivity contribution < 1.29 is 5.11 Å². The zero-order valence-corrected chi connectivity index (χ0v) is 14.3. The second kappa shape index (κ2) is 6.25. The van der Waals surface area contributed by atoms with Crippen molar-refractivity contribution in [2.45, 2.75) is 33.3 Å². The Morgan fingerprint density at radius 3 is 2.78 bits per heavy atom. The lowest BCUT2D eigenvalue weighted by Crippen LogP contribution is -2.25. The fraction of sp³-hybridized carbons (Fsp3) is 0.438. The monoisotopic (exact) mass is 331 g/mol. The highest BCUT2D eigenvalue weighted by Crippen LogP contribution is 2.22. The maximum Gasteiger partial charge on any atom is 0.186 e. The Hall–Kier alpha value is -1.99. The zero-order chi connectivity index (χ0) is 16.4. The fourth-order valence-electron chi connectivity index (χ4n) is 2.46. The molecule has 0 bridgehead atoms. The molecule has 23 heavy (non-hydrogen) atoms. The molecule has 3 heterocycles. The number of fused-ring (bicyclic) bond motifs is 1. The van der Waals surface area contributed by atoms with E-state index in [1.807, 2.05) is 29.0 Å². The molecule has 0 aliphatic rings. The van der Waals surface area contributed by atoms with Crippen LogP contribution in [0.1, 0.15) is 27.2 Å². The Kier molecular flexibility index (Phi) is 4.32. The van der Waals surface area contributed by atoms with E-state index in [0.717, 1.165) is 17.8 Å². The molecule has 3 aromatic heterocycles. The molecule has 0 amide bonds. The molecule has 0 saturated carbocycles. The van der Waals surface area contributed by atoms with E-state index in [0.29, 0.717) is 18.0 Å². The van der Waals surface area contributed by atoms with Crippen molar-refractivity contribution in [3.63, 3.8) is 0 Å². The number of aromatic nitrogens is 4. The Morgan fingerprint density at radius 2 is 2.09 bits per heavy atom. The Bertz CT molecular complexity index is 775. The molecule has 7 heteroatoms. The van der Waals surface area contributed by atoms with E-state index in [1.54, 1.807) is 15.9 Å². The van der Waals surface area contributed by atoms with E-state index < -0.39 is 6.10 Å². The molecular formula is C16H21N5OS. The van der Waals surface area contributed by atoms with Crippen molar-refractivity contribution in [1.29, 1.82) is 0 Å². The minimum atomic E-state index is -0.412. The predicted octanol–water partition coefficient (Wildman–Crippen LogP) is 3.06. The number of thiophene rings is 1. The molecule has 1 atom stereocenters. The molecule has 0 fully saturated rings. The van der Waals surface area contributed by atoms with Crippen LogP contribution in [0.3, 0.4) is 0 Å². The van der Waals surface area contributed by atoms with E-state index >= 15 is 0 Å². The first-order chi connectivity index (χ1) is 10.9. The molecule has 3 aromatic rings. The van der Waals surface area contributed by atoms with Gasteiger partial charge >= 0.3 is 0 Å². The van der Waals surface area contributed by atoms with E-state index in [9.17, 15) is 5.11 Å². The molecule has 0 saturated heterocycles. The summed E-state index contributed by atoms with van der Waals surface area (Å²) in [4.78, 5) is 0. The first-order valence-corrected chi connectivity index (χ1v) is 8.54. The van der Waals surface area contributed by atoms with Crippen LogP contribution in [0.5, 0.6) is 0 Å². The Labute approximate surface area is 139 Å². The number of rotatable bonds is 5. The SMILES string of the molecule is CC(C)(C)CC(O)CNc1ccc2nnc(-c3ccsc3)n2n1. The van der Waals surface area contributed by atoms with Gasteiger partial charge in [-0.05, 0) is 35.4 Å². The number of nitrogens with zero attached hydrogens (tertiary/aromatic N) is 4. The van der Waals surface area contributed by atoms with Crippen LogP contribution >= 0.6 is 11.3 Å².